The lowest BCUT2D eigenvalue weighted by molar-refractivity contribution is 0.571. The quantitative estimate of drug-likeness (QED) is 0.730. The highest BCUT2D eigenvalue weighted by Gasteiger charge is 2.10. The maximum atomic E-state index is 5.36. The lowest BCUT2D eigenvalue weighted by atomic mass is 10.2. The predicted molar refractivity (Wildman–Crippen MR) is 52.8 cm³/mol. The Hall–Kier alpha value is -1.58. The van der Waals surface area contributed by atoms with Crippen molar-refractivity contribution < 1.29 is 4.42 Å². The predicted octanol–water partition coefficient (Wildman–Crippen LogP) is 2.20. The Morgan fingerprint density at radius 3 is 2.71 bits per heavy atom. The van der Waals surface area contributed by atoms with E-state index < -0.39 is 0 Å². The van der Waals surface area contributed by atoms with Crippen molar-refractivity contribution in [3.05, 3.63) is 24.4 Å². The largest absolute Gasteiger partial charge is 0.444 e. The van der Waals surface area contributed by atoms with E-state index in [0.29, 0.717) is 11.8 Å². The summed E-state index contributed by atoms with van der Waals surface area (Å²) in [5.74, 6) is 1.03. The second-order valence-electron chi connectivity index (χ2n) is 3.63. The summed E-state index contributed by atoms with van der Waals surface area (Å²) in [7, 11) is 1.87. The summed E-state index contributed by atoms with van der Waals surface area (Å²) in [6.07, 6.45) is 5.33. The van der Waals surface area contributed by atoms with Gasteiger partial charge in [0.15, 0.2) is 0 Å². The van der Waals surface area contributed by atoms with E-state index in [4.69, 9.17) is 4.42 Å². The number of hydrogen-bond donors (Lipinski definition) is 0. The molecule has 0 atom stereocenters. The van der Waals surface area contributed by atoms with Gasteiger partial charge in [0.05, 0.1) is 17.5 Å². The Bertz CT molecular complexity index is 428. The molecule has 0 saturated carbocycles. The van der Waals surface area contributed by atoms with E-state index in [0.717, 1.165) is 11.3 Å². The first-order chi connectivity index (χ1) is 6.66. The number of nitrogens with zero attached hydrogens (tertiary/aromatic N) is 3. The van der Waals surface area contributed by atoms with Crippen LogP contribution in [0.25, 0.3) is 11.5 Å². The van der Waals surface area contributed by atoms with Crippen LogP contribution in [0.4, 0.5) is 0 Å². The molecule has 14 heavy (non-hydrogen) atoms. The number of aryl methyl sites for hydroxylation is 1. The first-order valence-electron chi connectivity index (χ1n) is 4.61. The molecule has 0 amide bonds. The zero-order chi connectivity index (χ0) is 10.1. The van der Waals surface area contributed by atoms with E-state index in [1.807, 2.05) is 13.2 Å². The Kier molecular flexibility index (Phi) is 2.11. The third-order valence-electron chi connectivity index (χ3n) is 2.07. The van der Waals surface area contributed by atoms with Gasteiger partial charge in [-0.05, 0) is 5.92 Å². The van der Waals surface area contributed by atoms with Gasteiger partial charge in [-0.15, -0.1) is 0 Å². The van der Waals surface area contributed by atoms with Gasteiger partial charge in [-0.2, -0.15) is 5.10 Å². The van der Waals surface area contributed by atoms with Crippen molar-refractivity contribution in [2.24, 2.45) is 7.05 Å². The molecule has 0 aliphatic heterocycles. The van der Waals surface area contributed by atoms with Crippen LogP contribution >= 0.6 is 0 Å². The van der Waals surface area contributed by atoms with E-state index in [-0.39, 0.29) is 0 Å². The highest BCUT2D eigenvalue weighted by atomic mass is 16.3. The summed E-state index contributed by atoms with van der Waals surface area (Å²) in [6, 6.07) is 0. The Balaban J connectivity index is 2.33. The van der Waals surface area contributed by atoms with Gasteiger partial charge < -0.3 is 4.42 Å². The molecular weight excluding hydrogens is 178 g/mol. The molecule has 2 aromatic heterocycles. The summed E-state index contributed by atoms with van der Waals surface area (Å²) in [6.45, 7) is 4.18. The maximum Gasteiger partial charge on any atom is 0.229 e. The van der Waals surface area contributed by atoms with E-state index in [9.17, 15) is 0 Å². The van der Waals surface area contributed by atoms with Crippen LogP contribution in [0.2, 0.25) is 0 Å². The minimum Gasteiger partial charge on any atom is -0.444 e. The monoisotopic (exact) mass is 191 g/mol. The number of oxazole rings is 1. The van der Waals surface area contributed by atoms with Crippen molar-refractivity contribution in [3.8, 4) is 11.5 Å². The summed E-state index contributed by atoms with van der Waals surface area (Å²) in [5, 5.41) is 4.06. The average Bonchev–Trinajstić information content (AvgIpc) is 2.70. The fourth-order valence-corrected chi connectivity index (χ4v) is 1.22. The molecule has 4 heteroatoms. The van der Waals surface area contributed by atoms with Gasteiger partial charge in [0.2, 0.25) is 5.89 Å². The molecule has 2 rings (SSSR count). The summed E-state index contributed by atoms with van der Waals surface area (Å²) >= 11 is 0. The minimum absolute atomic E-state index is 0.393. The van der Waals surface area contributed by atoms with E-state index in [1.165, 1.54) is 0 Å². The van der Waals surface area contributed by atoms with Gasteiger partial charge in [-0.25, -0.2) is 4.98 Å². The van der Waals surface area contributed by atoms with Crippen LogP contribution in [0.5, 0.6) is 0 Å². The Morgan fingerprint density at radius 1 is 1.43 bits per heavy atom. The normalized spacial score (nSPS) is 11.1. The van der Waals surface area contributed by atoms with Gasteiger partial charge in [0.25, 0.3) is 0 Å². The van der Waals surface area contributed by atoms with Gasteiger partial charge in [0, 0.05) is 13.2 Å². The van der Waals surface area contributed by atoms with Crippen LogP contribution in [-0.2, 0) is 7.05 Å². The van der Waals surface area contributed by atoms with Gasteiger partial charge in [-0.1, -0.05) is 13.8 Å². The van der Waals surface area contributed by atoms with Crippen molar-refractivity contribution in [1.29, 1.82) is 0 Å². The molecule has 0 unspecified atom stereocenters. The molecule has 0 spiro atoms. The molecule has 74 valence electrons. The van der Waals surface area contributed by atoms with E-state index in [1.54, 1.807) is 17.1 Å². The second kappa shape index (κ2) is 3.29. The van der Waals surface area contributed by atoms with Crippen LogP contribution in [-0.4, -0.2) is 14.8 Å². The molecule has 0 aliphatic carbocycles. The topological polar surface area (TPSA) is 43.9 Å². The zero-order valence-corrected chi connectivity index (χ0v) is 8.56. The van der Waals surface area contributed by atoms with Crippen molar-refractivity contribution in [1.82, 2.24) is 14.8 Å². The first kappa shape index (κ1) is 8.99. The van der Waals surface area contributed by atoms with Crippen LogP contribution in [0.3, 0.4) is 0 Å². The van der Waals surface area contributed by atoms with Crippen molar-refractivity contribution >= 4 is 0 Å². The number of hydrogen-bond acceptors (Lipinski definition) is 3. The molecule has 0 aliphatic rings. The summed E-state index contributed by atoms with van der Waals surface area (Å²) in [4.78, 5) is 4.37. The third kappa shape index (κ3) is 1.55. The van der Waals surface area contributed by atoms with Crippen molar-refractivity contribution in [2.45, 2.75) is 19.8 Å². The lowest BCUT2D eigenvalue weighted by Gasteiger charge is -1.94. The summed E-state index contributed by atoms with van der Waals surface area (Å²) in [5.41, 5.74) is 1.89. The third-order valence-corrected chi connectivity index (χ3v) is 2.07. The van der Waals surface area contributed by atoms with Crippen LogP contribution in [0.15, 0.2) is 23.1 Å². The molecule has 0 fully saturated rings. The Morgan fingerprint density at radius 2 is 2.21 bits per heavy atom. The highest BCUT2D eigenvalue weighted by molar-refractivity contribution is 5.50. The highest BCUT2D eigenvalue weighted by Crippen LogP contribution is 2.21. The van der Waals surface area contributed by atoms with E-state index in [2.05, 4.69) is 23.9 Å². The smallest absolute Gasteiger partial charge is 0.229 e. The average molecular weight is 191 g/mol. The minimum atomic E-state index is 0.393. The first-order valence-corrected chi connectivity index (χ1v) is 4.61. The van der Waals surface area contributed by atoms with Crippen LogP contribution in [0.1, 0.15) is 25.5 Å². The number of aromatic nitrogens is 3. The molecule has 2 aromatic rings. The fourth-order valence-electron chi connectivity index (χ4n) is 1.22. The van der Waals surface area contributed by atoms with Crippen molar-refractivity contribution in [2.75, 3.05) is 0 Å². The van der Waals surface area contributed by atoms with E-state index >= 15 is 0 Å². The summed E-state index contributed by atoms with van der Waals surface area (Å²) < 4.78 is 7.09. The molecule has 2 heterocycles. The van der Waals surface area contributed by atoms with Crippen LogP contribution < -0.4 is 0 Å². The zero-order valence-electron chi connectivity index (χ0n) is 8.56. The molecular formula is C10H13N3O. The van der Waals surface area contributed by atoms with Crippen LogP contribution in [0, 0.1) is 0 Å². The lowest BCUT2D eigenvalue weighted by Crippen LogP contribution is -1.86. The standard InChI is InChI=1S/C10H13N3O/c1-7(2)9-6-14-10(12-9)8-4-11-13(3)5-8/h4-7H,1-3H3. The van der Waals surface area contributed by atoms with Gasteiger partial charge in [-0.3, -0.25) is 4.68 Å². The Labute approximate surface area is 82.6 Å². The molecule has 0 saturated heterocycles. The number of rotatable bonds is 2. The fraction of sp³-hybridized carbons (Fsp3) is 0.400. The molecule has 4 nitrogen and oxygen atoms in total. The molecule has 0 bridgehead atoms. The molecule has 0 aromatic carbocycles. The SMILES string of the molecule is CC(C)c1coc(-c2cnn(C)c2)n1. The molecule has 0 N–H and O–H groups in total. The van der Waals surface area contributed by atoms with Gasteiger partial charge >= 0.3 is 0 Å². The maximum absolute atomic E-state index is 5.36. The van der Waals surface area contributed by atoms with Crippen molar-refractivity contribution in [3.63, 3.8) is 0 Å². The van der Waals surface area contributed by atoms with Gasteiger partial charge in [0.1, 0.15) is 6.26 Å². The second-order valence-corrected chi connectivity index (χ2v) is 3.63. The molecule has 0 radical (unpaired) electrons.